The number of nitrogens with zero attached hydrogens (tertiary/aromatic N) is 1. The van der Waals surface area contributed by atoms with E-state index in [0.29, 0.717) is 40.1 Å². The molecular formula is C25H19Cl2IN2O2. The minimum absolute atomic E-state index is 0.0166. The molecule has 0 unspecified atom stereocenters. The maximum atomic E-state index is 12.6. The van der Waals surface area contributed by atoms with E-state index in [4.69, 9.17) is 27.9 Å². The van der Waals surface area contributed by atoms with Crippen LogP contribution in [0, 0.1) is 14.9 Å². The van der Waals surface area contributed by atoms with Crippen LogP contribution in [-0.2, 0) is 11.2 Å². The molecule has 7 heteroatoms. The van der Waals surface area contributed by atoms with E-state index in [1.807, 2.05) is 49.4 Å². The third-order valence-corrected chi connectivity index (χ3v) is 6.16. The number of halogens is 3. The Kier molecular flexibility index (Phi) is 8.57. The minimum Gasteiger partial charge on any atom is -0.494 e. The van der Waals surface area contributed by atoms with Crippen molar-refractivity contribution in [1.82, 2.24) is 0 Å². The van der Waals surface area contributed by atoms with Gasteiger partial charge in [-0.25, -0.2) is 0 Å². The lowest BCUT2D eigenvalue weighted by Crippen LogP contribution is -2.13. The van der Waals surface area contributed by atoms with Gasteiger partial charge in [0.25, 0.3) is 5.91 Å². The van der Waals surface area contributed by atoms with Crippen molar-refractivity contribution in [1.29, 1.82) is 5.26 Å². The number of carbonyl (C=O) groups excluding carboxylic acids is 1. The molecule has 0 atom stereocenters. The fraction of sp³-hybridized carbons (Fsp3) is 0.120. The van der Waals surface area contributed by atoms with Gasteiger partial charge in [0.15, 0.2) is 0 Å². The van der Waals surface area contributed by atoms with Crippen molar-refractivity contribution in [2.45, 2.75) is 13.3 Å². The van der Waals surface area contributed by atoms with Crippen LogP contribution in [-0.4, -0.2) is 12.5 Å². The van der Waals surface area contributed by atoms with Gasteiger partial charge in [0.1, 0.15) is 17.4 Å². The first-order chi connectivity index (χ1) is 15.4. The molecule has 0 saturated carbocycles. The Morgan fingerprint density at radius 3 is 2.53 bits per heavy atom. The van der Waals surface area contributed by atoms with Crippen LogP contribution in [0.4, 0.5) is 5.69 Å². The van der Waals surface area contributed by atoms with Crippen molar-refractivity contribution in [3.8, 4) is 11.8 Å². The van der Waals surface area contributed by atoms with Gasteiger partial charge < -0.3 is 10.1 Å². The molecule has 0 spiro atoms. The number of ether oxygens (including phenoxy) is 1. The summed E-state index contributed by atoms with van der Waals surface area (Å²) in [6.45, 7) is 2.40. The zero-order valence-corrected chi connectivity index (χ0v) is 20.8. The number of nitrogens with one attached hydrogen (secondary N) is 1. The number of nitriles is 1. The smallest absolute Gasteiger partial charge is 0.266 e. The highest BCUT2D eigenvalue weighted by Crippen LogP contribution is 2.31. The predicted octanol–water partition coefficient (Wildman–Crippen LogP) is 7.13. The van der Waals surface area contributed by atoms with Crippen molar-refractivity contribution in [3.63, 3.8) is 0 Å². The van der Waals surface area contributed by atoms with Crippen LogP contribution in [0.15, 0.2) is 66.2 Å². The zero-order valence-electron chi connectivity index (χ0n) is 17.2. The van der Waals surface area contributed by atoms with Crippen molar-refractivity contribution in [2.24, 2.45) is 0 Å². The van der Waals surface area contributed by atoms with Gasteiger partial charge in [0.05, 0.1) is 6.61 Å². The summed E-state index contributed by atoms with van der Waals surface area (Å²) in [6.07, 6.45) is 2.16. The Balaban J connectivity index is 1.91. The highest BCUT2D eigenvalue weighted by molar-refractivity contribution is 14.1. The number of carbonyl (C=O) groups is 1. The van der Waals surface area contributed by atoms with Crippen LogP contribution in [0.2, 0.25) is 10.0 Å². The van der Waals surface area contributed by atoms with E-state index in [1.165, 1.54) is 0 Å². The maximum absolute atomic E-state index is 12.6. The van der Waals surface area contributed by atoms with E-state index >= 15 is 0 Å². The van der Waals surface area contributed by atoms with Crippen molar-refractivity contribution in [3.05, 3.63) is 96.5 Å². The molecule has 0 aliphatic rings. The van der Waals surface area contributed by atoms with E-state index in [9.17, 15) is 10.1 Å². The second-order valence-electron chi connectivity index (χ2n) is 6.81. The summed E-state index contributed by atoms with van der Waals surface area (Å²) in [6, 6.07) is 20.1. The molecule has 0 radical (unpaired) electrons. The molecule has 0 bridgehead atoms. The lowest BCUT2D eigenvalue weighted by Gasteiger charge is -2.15. The van der Waals surface area contributed by atoms with Crippen molar-refractivity contribution >= 4 is 63.5 Å². The van der Waals surface area contributed by atoms with Crippen molar-refractivity contribution < 1.29 is 9.53 Å². The SMILES string of the molecule is CCOc1cc(/C=C(\C#N)C(=O)Nc2ccc(Cl)cc2)cc(I)c1Cc1ccccc1Cl. The average molecular weight is 577 g/mol. The molecule has 3 aromatic rings. The van der Waals surface area contributed by atoms with E-state index in [0.717, 1.165) is 14.7 Å². The Morgan fingerprint density at radius 1 is 1.16 bits per heavy atom. The van der Waals surface area contributed by atoms with Gasteiger partial charge in [0, 0.05) is 31.3 Å². The summed E-state index contributed by atoms with van der Waals surface area (Å²) < 4.78 is 6.83. The fourth-order valence-electron chi connectivity index (χ4n) is 3.05. The van der Waals surface area contributed by atoms with Gasteiger partial charge in [-0.1, -0.05) is 41.4 Å². The summed E-state index contributed by atoms with van der Waals surface area (Å²) in [5, 5.41) is 13.5. The van der Waals surface area contributed by atoms with Gasteiger partial charge in [-0.05, 0) is 89.2 Å². The largest absolute Gasteiger partial charge is 0.494 e. The molecule has 1 amide bonds. The van der Waals surface area contributed by atoms with Crippen LogP contribution in [0.3, 0.4) is 0 Å². The number of anilines is 1. The highest BCUT2D eigenvalue weighted by Gasteiger charge is 2.15. The molecule has 0 saturated heterocycles. The third kappa shape index (κ3) is 6.26. The molecule has 162 valence electrons. The second kappa shape index (κ2) is 11.4. The summed E-state index contributed by atoms with van der Waals surface area (Å²) in [5.41, 5.74) is 3.24. The number of benzene rings is 3. The van der Waals surface area contributed by atoms with Crippen LogP contribution in [0.25, 0.3) is 6.08 Å². The van der Waals surface area contributed by atoms with E-state index in [1.54, 1.807) is 30.3 Å². The molecule has 1 N–H and O–H groups in total. The predicted molar refractivity (Wildman–Crippen MR) is 138 cm³/mol. The summed E-state index contributed by atoms with van der Waals surface area (Å²) >= 11 is 14.5. The number of amides is 1. The Labute approximate surface area is 210 Å². The van der Waals surface area contributed by atoms with E-state index in [2.05, 4.69) is 27.9 Å². The normalized spacial score (nSPS) is 11.0. The van der Waals surface area contributed by atoms with E-state index < -0.39 is 5.91 Å². The molecule has 32 heavy (non-hydrogen) atoms. The van der Waals surface area contributed by atoms with Gasteiger partial charge in [-0.2, -0.15) is 5.26 Å². The first-order valence-electron chi connectivity index (χ1n) is 9.78. The molecule has 4 nitrogen and oxygen atoms in total. The first kappa shape index (κ1) is 24.1. The summed E-state index contributed by atoms with van der Waals surface area (Å²) in [5.74, 6) is 0.198. The quantitative estimate of drug-likeness (QED) is 0.185. The van der Waals surface area contributed by atoms with Gasteiger partial charge in [-0.3, -0.25) is 4.79 Å². The van der Waals surface area contributed by atoms with E-state index in [-0.39, 0.29) is 5.57 Å². The second-order valence-corrected chi connectivity index (χ2v) is 8.82. The maximum Gasteiger partial charge on any atom is 0.266 e. The number of rotatable bonds is 7. The molecule has 0 aliphatic carbocycles. The average Bonchev–Trinajstić information content (AvgIpc) is 2.77. The van der Waals surface area contributed by atoms with Crippen LogP contribution in [0.1, 0.15) is 23.6 Å². The van der Waals surface area contributed by atoms with Crippen LogP contribution < -0.4 is 10.1 Å². The Morgan fingerprint density at radius 2 is 1.88 bits per heavy atom. The highest BCUT2D eigenvalue weighted by atomic mass is 127. The van der Waals surface area contributed by atoms with Gasteiger partial charge >= 0.3 is 0 Å². The lowest BCUT2D eigenvalue weighted by atomic mass is 10.0. The lowest BCUT2D eigenvalue weighted by molar-refractivity contribution is -0.112. The standard InChI is InChI=1S/C25H19Cl2IN2O2/c1-2-32-24-13-16(12-23(28)21(24)14-17-5-3-4-6-22(17)27)11-18(15-29)25(31)30-20-9-7-19(26)8-10-20/h3-13H,2,14H2,1H3,(H,30,31)/b18-11+. The van der Waals surface area contributed by atoms with Crippen LogP contribution in [0.5, 0.6) is 5.75 Å². The number of hydrogen-bond acceptors (Lipinski definition) is 3. The van der Waals surface area contributed by atoms with Crippen molar-refractivity contribution in [2.75, 3.05) is 11.9 Å². The third-order valence-electron chi connectivity index (χ3n) is 4.58. The molecular weight excluding hydrogens is 558 g/mol. The molecule has 0 aromatic heterocycles. The Bertz CT molecular complexity index is 1200. The molecule has 3 rings (SSSR count). The van der Waals surface area contributed by atoms with Gasteiger partial charge in [-0.15, -0.1) is 0 Å². The molecule has 0 fully saturated rings. The Hall–Kier alpha value is -2.53. The van der Waals surface area contributed by atoms with Crippen LogP contribution >= 0.6 is 45.8 Å². The molecule has 3 aromatic carbocycles. The molecule has 0 aliphatic heterocycles. The zero-order chi connectivity index (χ0) is 23.1. The molecule has 0 heterocycles. The van der Waals surface area contributed by atoms with Gasteiger partial charge in [0.2, 0.25) is 0 Å². The number of hydrogen-bond donors (Lipinski definition) is 1. The monoisotopic (exact) mass is 576 g/mol. The fourth-order valence-corrected chi connectivity index (χ4v) is 4.19. The summed E-state index contributed by atoms with van der Waals surface area (Å²) in [4.78, 5) is 12.6. The topological polar surface area (TPSA) is 62.1 Å². The minimum atomic E-state index is -0.497. The first-order valence-corrected chi connectivity index (χ1v) is 11.6. The summed E-state index contributed by atoms with van der Waals surface area (Å²) in [7, 11) is 0.